The van der Waals surface area contributed by atoms with Crippen LogP contribution in [0.25, 0.3) is 0 Å². The van der Waals surface area contributed by atoms with Gasteiger partial charge in [0.1, 0.15) is 0 Å². The van der Waals surface area contributed by atoms with Crippen LogP contribution >= 0.6 is 0 Å². The minimum Gasteiger partial charge on any atom is -0.469 e. The zero-order valence-electron chi connectivity index (χ0n) is 10.9. The first-order valence-electron chi connectivity index (χ1n) is 6.06. The molecule has 0 saturated heterocycles. The molecule has 0 spiro atoms. The van der Waals surface area contributed by atoms with E-state index in [2.05, 4.69) is 27.7 Å². The Labute approximate surface area is 94.4 Å². The maximum Gasteiger partial charge on any atom is 0.308 e. The van der Waals surface area contributed by atoms with Gasteiger partial charge < -0.3 is 4.74 Å². The van der Waals surface area contributed by atoms with Crippen LogP contribution in [0.5, 0.6) is 0 Å². The summed E-state index contributed by atoms with van der Waals surface area (Å²) in [6.45, 7) is 8.65. The fourth-order valence-corrected chi connectivity index (χ4v) is 1.79. The van der Waals surface area contributed by atoms with Crippen molar-refractivity contribution in [3.63, 3.8) is 0 Å². The van der Waals surface area contributed by atoms with Crippen LogP contribution in [0, 0.1) is 17.8 Å². The van der Waals surface area contributed by atoms with Crippen molar-refractivity contribution in [2.75, 3.05) is 7.11 Å². The third-order valence-electron chi connectivity index (χ3n) is 2.86. The molecule has 0 aliphatic carbocycles. The zero-order chi connectivity index (χ0) is 11.8. The average Bonchev–Trinajstić information content (AvgIpc) is 2.15. The molecular formula is C13H26O2. The number of hydrogen-bond donors (Lipinski definition) is 0. The minimum absolute atomic E-state index is 0.0467. The van der Waals surface area contributed by atoms with Crippen LogP contribution in [0.1, 0.15) is 53.4 Å². The summed E-state index contributed by atoms with van der Waals surface area (Å²) in [5, 5.41) is 0. The van der Waals surface area contributed by atoms with Crippen molar-refractivity contribution in [2.45, 2.75) is 53.4 Å². The fourth-order valence-electron chi connectivity index (χ4n) is 1.79. The first kappa shape index (κ1) is 14.5. The Hall–Kier alpha value is -0.530. The van der Waals surface area contributed by atoms with Gasteiger partial charge in [0, 0.05) is 0 Å². The summed E-state index contributed by atoms with van der Waals surface area (Å²) in [6, 6.07) is 0. The topological polar surface area (TPSA) is 26.3 Å². The molecule has 0 aliphatic heterocycles. The van der Waals surface area contributed by atoms with E-state index < -0.39 is 0 Å². The highest BCUT2D eigenvalue weighted by molar-refractivity contribution is 5.72. The SMILES string of the molecule is COC(=O)C(CCCCC(C)C)C(C)C. The van der Waals surface area contributed by atoms with Gasteiger partial charge in [0.25, 0.3) is 0 Å². The van der Waals surface area contributed by atoms with E-state index in [9.17, 15) is 4.79 Å². The molecule has 0 rings (SSSR count). The van der Waals surface area contributed by atoms with E-state index in [-0.39, 0.29) is 11.9 Å². The molecule has 0 fully saturated rings. The summed E-state index contributed by atoms with van der Waals surface area (Å²) in [5.74, 6) is 1.19. The molecule has 0 radical (unpaired) electrons. The highest BCUT2D eigenvalue weighted by Crippen LogP contribution is 2.21. The van der Waals surface area contributed by atoms with Gasteiger partial charge in [0.05, 0.1) is 13.0 Å². The molecule has 0 bridgehead atoms. The largest absolute Gasteiger partial charge is 0.469 e. The smallest absolute Gasteiger partial charge is 0.308 e. The van der Waals surface area contributed by atoms with Crippen molar-refractivity contribution >= 4 is 5.97 Å². The second-order valence-electron chi connectivity index (χ2n) is 5.05. The van der Waals surface area contributed by atoms with Gasteiger partial charge in [-0.2, -0.15) is 0 Å². The molecule has 15 heavy (non-hydrogen) atoms. The number of ether oxygens (including phenoxy) is 1. The van der Waals surface area contributed by atoms with Crippen LogP contribution < -0.4 is 0 Å². The average molecular weight is 214 g/mol. The van der Waals surface area contributed by atoms with Crippen molar-refractivity contribution in [3.05, 3.63) is 0 Å². The number of hydrogen-bond acceptors (Lipinski definition) is 2. The molecule has 1 unspecified atom stereocenters. The number of rotatable bonds is 7. The maximum atomic E-state index is 11.5. The van der Waals surface area contributed by atoms with Crippen LogP contribution in [0.2, 0.25) is 0 Å². The summed E-state index contributed by atoms with van der Waals surface area (Å²) in [4.78, 5) is 11.5. The summed E-state index contributed by atoms with van der Waals surface area (Å²) in [7, 11) is 1.48. The highest BCUT2D eigenvalue weighted by atomic mass is 16.5. The van der Waals surface area contributed by atoms with Crippen LogP contribution in [0.15, 0.2) is 0 Å². The molecule has 0 aliphatic rings. The molecule has 0 N–H and O–H groups in total. The molecule has 90 valence electrons. The molecule has 0 amide bonds. The van der Waals surface area contributed by atoms with Gasteiger partial charge >= 0.3 is 5.97 Å². The standard InChI is InChI=1S/C13H26O2/c1-10(2)8-6-7-9-12(11(3)4)13(14)15-5/h10-12H,6-9H2,1-5H3. The predicted molar refractivity (Wildman–Crippen MR) is 63.7 cm³/mol. The zero-order valence-corrected chi connectivity index (χ0v) is 10.9. The third-order valence-corrected chi connectivity index (χ3v) is 2.86. The van der Waals surface area contributed by atoms with Gasteiger partial charge in [-0.3, -0.25) is 4.79 Å². The van der Waals surface area contributed by atoms with Crippen LogP contribution in [0.3, 0.4) is 0 Å². The number of carbonyl (C=O) groups is 1. The molecule has 0 aromatic rings. The Kier molecular flexibility index (Phi) is 7.45. The van der Waals surface area contributed by atoms with E-state index >= 15 is 0 Å². The van der Waals surface area contributed by atoms with Crippen molar-refractivity contribution in [2.24, 2.45) is 17.8 Å². The summed E-state index contributed by atoms with van der Waals surface area (Å²) in [6.07, 6.45) is 4.58. The lowest BCUT2D eigenvalue weighted by molar-refractivity contribution is -0.147. The van der Waals surface area contributed by atoms with E-state index in [4.69, 9.17) is 4.74 Å². The van der Waals surface area contributed by atoms with Gasteiger partial charge in [-0.05, 0) is 18.3 Å². The number of unbranched alkanes of at least 4 members (excludes halogenated alkanes) is 1. The Balaban J connectivity index is 3.82. The van der Waals surface area contributed by atoms with E-state index in [1.54, 1.807) is 0 Å². The van der Waals surface area contributed by atoms with Crippen LogP contribution in [-0.4, -0.2) is 13.1 Å². The van der Waals surface area contributed by atoms with Gasteiger partial charge in [0.15, 0.2) is 0 Å². The Bertz CT molecular complexity index is 173. The number of esters is 1. The Morgan fingerprint density at radius 1 is 1.07 bits per heavy atom. The lowest BCUT2D eigenvalue weighted by Crippen LogP contribution is -2.21. The third kappa shape index (κ3) is 6.53. The van der Waals surface area contributed by atoms with E-state index in [1.165, 1.54) is 20.0 Å². The van der Waals surface area contributed by atoms with Crippen molar-refractivity contribution in [1.82, 2.24) is 0 Å². The molecular weight excluding hydrogens is 188 g/mol. The van der Waals surface area contributed by atoms with Crippen molar-refractivity contribution in [1.29, 1.82) is 0 Å². The molecule has 0 heterocycles. The molecule has 0 saturated carbocycles. The summed E-state index contributed by atoms with van der Waals surface area (Å²) >= 11 is 0. The molecule has 1 atom stereocenters. The monoisotopic (exact) mass is 214 g/mol. The lowest BCUT2D eigenvalue weighted by Gasteiger charge is -2.18. The lowest BCUT2D eigenvalue weighted by atomic mass is 9.90. The van der Waals surface area contributed by atoms with Crippen molar-refractivity contribution in [3.8, 4) is 0 Å². The number of carbonyl (C=O) groups excluding carboxylic acids is 1. The van der Waals surface area contributed by atoms with Gasteiger partial charge in [0.2, 0.25) is 0 Å². The first-order chi connectivity index (χ1) is 6.99. The van der Waals surface area contributed by atoms with Crippen LogP contribution in [0.4, 0.5) is 0 Å². The van der Waals surface area contributed by atoms with Crippen molar-refractivity contribution < 1.29 is 9.53 Å². The van der Waals surface area contributed by atoms with Gasteiger partial charge in [-0.1, -0.05) is 47.0 Å². The second kappa shape index (κ2) is 7.72. The number of methoxy groups -OCH3 is 1. The van der Waals surface area contributed by atoms with E-state index in [0.29, 0.717) is 5.92 Å². The maximum absolute atomic E-state index is 11.5. The Morgan fingerprint density at radius 2 is 1.60 bits per heavy atom. The molecule has 0 aromatic heterocycles. The van der Waals surface area contributed by atoms with E-state index in [0.717, 1.165) is 18.8 Å². The Morgan fingerprint density at radius 3 is 2.00 bits per heavy atom. The quantitative estimate of drug-likeness (QED) is 0.477. The highest BCUT2D eigenvalue weighted by Gasteiger charge is 2.21. The predicted octanol–water partition coefficient (Wildman–Crippen LogP) is 3.65. The minimum atomic E-state index is -0.0467. The van der Waals surface area contributed by atoms with E-state index in [1.807, 2.05) is 0 Å². The van der Waals surface area contributed by atoms with Gasteiger partial charge in [-0.25, -0.2) is 0 Å². The van der Waals surface area contributed by atoms with Gasteiger partial charge in [-0.15, -0.1) is 0 Å². The summed E-state index contributed by atoms with van der Waals surface area (Å²) < 4.78 is 4.81. The second-order valence-corrected chi connectivity index (χ2v) is 5.05. The molecule has 0 aromatic carbocycles. The summed E-state index contributed by atoms with van der Waals surface area (Å²) in [5.41, 5.74) is 0. The normalized spacial score (nSPS) is 13.3. The molecule has 2 heteroatoms. The fraction of sp³-hybridized carbons (Fsp3) is 0.923. The molecule has 2 nitrogen and oxygen atoms in total. The first-order valence-corrected chi connectivity index (χ1v) is 6.06. The van der Waals surface area contributed by atoms with Crippen LogP contribution in [-0.2, 0) is 9.53 Å².